The molecule has 0 fully saturated rings. The van der Waals surface area contributed by atoms with Gasteiger partial charge in [0.05, 0.1) is 10.5 Å². The summed E-state index contributed by atoms with van der Waals surface area (Å²) >= 11 is 0. The van der Waals surface area contributed by atoms with Crippen molar-refractivity contribution in [3.8, 4) is 0 Å². The normalized spacial score (nSPS) is 13.5. The maximum absolute atomic E-state index is 12.2. The standard InChI is InChI=1S/C16H26N2O3S/c1-6-12(2)17-15(19)18-14-9-7-13(8-10-14)11-22(20,21)16(3,4)5/h7-10,12H,6,11H2,1-5H3,(H2,17,18,19). The van der Waals surface area contributed by atoms with E-state index in [2.05, 4.69) is 10.6 Å². The Bertz CT molecular complexity index is 601. The molecule has 1 aromatic carbocycles. The lowest BCUT2D eigenvalue weighted by molar-refractivity contribution is 0.249. The number of carbonyl (C=O) groups is 1. The monoisotopic (exact) mass is 326 g/mol. The highest BCUT2D eigenvalue weighted by Crippen LogP contribution is 2.21. The van der Waals surface area contributed by atoms with E-state index in [0.29, 0.717) is 11.3 Å². The molecule has 0 spiro atoms. The van der Waals surface area contributed by atoms with Gasteiger partial charge < -0.3 is 10.6 Å². The lowest BCUT2D eigenvalue weighted by Gasteiger charge is -2.19. The third kappa shape index (κ3) is 5.33. The van der Waals surface area contributed by atoms with E-state index < -0.39 is 14.6 Å². The topological polar surface area (TPSA) is 75.3 Å². The van der Waals surface area contributed by atoms with E-state index in [9.17, 15) is 13.2 Å². The average Bonchev–Trinajstić information content (AvgIpc) is 2.39. The minimum atomic E-state index is -3.21. The Balaban J connectivity index is 2.70. The van der Waals surface area contributed by atoms with Crippen LogP contribution in [0, 0.1) is 0 Å². The zero-order valence-electron chi connectivity index (χ0n) is 13.9. The van der Waals surface area contributed by atoms with Crippen LogP contribution >= 0.6 is 0 Å². The van der Waals surface area contributed by atoms with Crippen LogP contribution in [0.1, 0.15) is 46.6 Å². The Morgan fingerprint density at radius 3 is 2.18 bits per heavy atom. The number of rotatable bonds is 5. The van der Waals surface area contributed by atoms with E-state index in [-0.39, 0.29) is 17.8 Å². The van der Waals surface area contributed by atoms with E-state index >= 15 is 0 Å². The molecule has 1 aromatic rings. The van der Waals surface area contributed by atoms with Gasteiger partial charge in [-0.25, -0.2) is 13.2 Å². The highest BCUT2D eigenvalue weighted by atomic mass is 32.2. The maximum Gasteiger partial charge on any atom is 0.319 e. The summed E-state index contributed by atoms with van der Waals surface area (Å²) in [6.07, 6.45) is 0.858. The van der Waals surface area contributed by atoms with E-state index in [1.165, 1.54) is 0 Å². The average molecular weight is 326 g/mol. The van der Waals surface area contributed by atoms with Crippen molar-refractivity contribution < 1.29 is 13.2 Å². The molecule has 0 aliphatic carbocycles. The van der Waals surface area contributed by atoms with Gasteiger partial charge >= 0.3 is 6.03 Å². The van der Waals surface area contributed by atoms with E-state index in [0.717, 1.165) is 6.42 Å². The second kappa shape index (κ2) is 7.13. The number of carbonyl (C=O) groups excluding carboxylic acids is 1. The van der Waals surface area contributed by atoms with Crippen molar-refractivity contribution in [1.82, 2.24) is 5.32 Å². The Morgan fingerprint density at radius 2 is 1.73 bits per heavy atom. The molecule has 22 heavy (non-hydrogen) atoms. The van der Waals surface area contributed by atoms with Crippen LogP contribution in [0.2, 0.25) is 0 Å². The molecular formula is C16H26N2O3S. The highest BCUT2D eigenvalue weighted by molar-refractivity contribution is 7.91. The molecule has 0 saturated heterocycles. The number of nitrogens with one attached hydrogen (secondary N) is 2. The van der Waals surface area contributed by atoms with Gasteiger partial charge in [-0.3, -0.25) is 0 Å². The molecule has 1 atom stereocenters. The molecule has 0 aliphatic heterocycles. The number of urea groups is 1. The van der Waals surface area contributed by atoms with Gasteiger partial charge in [-0.15, -0.1) is 0 Å². The van der Waals surface area contributed by atoms with Gasteiger partial charge in [0, 0.05) is 11.7 Å². The maximum atomic E-state index is 12.2. The number of sulfone groups is 1. The van der Waals surface area contributed by atoms with Crippen molar-refractivity contribution in [2.75, 3.05) is 5.32 Å². The van der Waals surface area contributed by atoms with Crippen LogP contribution in [0.4, 0.5) is 10.5 Å². The summed E-state index contributed by atoms with van der Waals surface area (Å²) < 4.78 is 23.5. The van der Waals surface area contributed by atoms with Crippen LogP contribution < -0.4 is 10.6 Å². The van der Waals surface area contributed by atoms with Gasteiger partial charge in [0.2, 0.25) is 0 Å². The summed E-state index contributed by atoms with van der Waals surface area (Å²) in [6, 6.07) is 6.72. The molecule has 2 N–H and O–H groups in total. The first kappa shape index (κ1) is 18.5. The van der Waals surface area contributed by atoms with E-state index in [1.807, 2.05) is 13.8 Å². The Kier molecular flexibility index (Phi) is 6.00. The van der Waals surface area contributed by atoms with Gasteiger partial charge in [-0.2, -0.15) is 0 Å². The number of amides is 2. The molecule has 1 rings (SSSR count). The van der Waals surface area contributed by atoms with Crippen LogP contribution in [0.3, 0.4) is 0 Å². The molecule has 6 heteroatoms. The first-order chi connectivity index (χ1) is 10.0. The minimum absolute atomic E-state index is 0.00412. The second-order valence-electron chi connectivity index (χ2n) is 6.48. The molecule has 0 bridgehead atoms. The first-order valence-corrected chi connectivity index (χ1v) is 9.09. The second-order valence-corrected chi connectivity index (χ2v) is 9.22. The largest absolute Gasteiger partial charge is 0.335 e. The molecule has 2 amide bonds. The Labute approximate surface area is 133 Å². The van der Waals surface area contributed by atoms with Crippen LogP contribution in [0.15, 0.2) is 24.3 Å². The number of hydrogen-bond donors (Lipinski definition) is 2. The molecule has 0 aliphatic rings. The third-order valence-corrected chi connectivity index (χ3v) is 6.07. The molecule has 5 nitrogen and oxygen atoms in total. The summed E-state index contributed by atoms with van der Waals surface area (Å²) in [6.45, 7) is 9.00. The molecule has 0 aromatic heterocycles. The Hall–Kier alpha value is -1.56. The van der Waals surface area contributed by atoms with Gasteiger partial charge in [0.1, 0.15) is 0 Å². The predicted molar refractivity (Wildman–Crippen MR) is 90.7 cm³/mol. The van der Waals surface area contributed by atoms with Crippen molar-refractivity contribution in [2.45, 2.75) is 57.6 Å². The Morgan fingerprint density at radius 1 is 1.18 bits per heavy atom. The van der Waals surface area contributed by atoms with Crippen molar-refractivity contribution in [1.29, 1.82) is 0 Å². The minimum Gasteiger partial charge on any atom is -0.335 e. The van der Waals surface area contributed by atoms with Gasteiger partial charge in [-0.1, -0.05) is 19.1 Å². The smallest absolute Gasteiger partial charge is 0.319 e. The predicted octanol–water partition coefficient (Wildman–Crippen LogP) is 3.32. The van der Waals surface area contributed by atoms with Crippen LogP contribution in [-0.2, 0) is 15.6 Å². The van der Waals surface area contributed by atoms with E-state index in [1.54, 1.807) is 45.0 Å². The lowest BCUT2D eigenvalue weighted by atomic mass is 10.2. The van der Waals surface area contributed by atoms with Crippen molar-refractivity contribution in [3.63, 3.8) is 0 Å². The summed E-state index contributed by atoms with van der Waals surface area (Å²) in [4.78, 5) is 11.7. The fourth-order valence-electron chi connectivity index (χ4n) is 1.61. The summed E-state index contributed by atoms with van der Waals surface area (Å²) in [5, 5.41) is 5.53. The molecule has 0 saturated carbocycles. The van der Waals surface area contributed by atoms with Gasteiger partial charge in [0.15, 0.2) is 9.84 Å². The van der Waals surface area contributed by atoms with Crippen LogP contribution in [-0.4, -0.2) is 25.2 Å². The van der Waals surface area contributed by atoms with Crippen LogP contribution in [0.5, 0.6) is 0 Å². The van der Waals surface area contributed by atoms with E-state index in [4.69, 9.17) is 0 Å². The summed E-state index contributed by atoms with van der Waals surface area (Å²) in [5.41, 5.74) is 1.35. The molecule has 124 valence electrons. The van der Waals surface area contributed by atoms with Gasteiger partial charge in [-0.05, 0) is 51.8 Å². The SMILES string of the molecule is CCC(C)NC(=O)Nc1ccc(CS(=O)(=O)C(C)(C)C)cc1. The molecular weight excluding hydrogens is 300 g/mol. The highest BCUT2D eigenvalue weighted by Gasteiger charge is 2.28. The van der Waals surface area contributed by atoms with Crippen molar-refractivity contribution in [3.05, 3.63) is 29.8 Å². The van der Waals surface area contributed by atoms with Crippen molar-refractivity contribution in [2.24, 2.45) is 0 Å². The molecule has 0 radical (unpaired) electrons. The molecule has 1 unspecified atom stereocenters. The zero-order valence-corrected chi connectivity index (χ0v) is 14.8. The number of anilines is 1. The lowest BCUT2D eigenvalue weighted by Crippen LogP contribution is -2.35. The summed E-state index contributed by atoms with van der Waals surface area (Å²) in [5.74, 6) is -0.00412. The first-order valence-electron chi connectivity index (χ1n) is 7.44. The number of benzene rings is 1. The van der Waals surface area contributed by atoms with Gasteiger partial charge in [0.25, 0.3) is 0 Å². The fraction of sp³-hybridized carbons (Fsp3) is 0.562. The summed E-state index contributed by atoms with van der Waals surface area (Å²) in [7, 11) is -3.21. The number of hydrogen-bond acceptors (Lipinski definition) is 3. The zero-order chi connectivity index (χ0) is 17.0. The quantitative estimate of drug-likeness (QED) is 0.871. The van der Waals surface area contributed by atoms with Crippen LogP contribution in [0.25, 0.3) is 0 Å². The molecule has 0 heterocycles. The van der Waals surface area contributed by atoms with Crippen molar-refractivity contribution >= 4 is 21.6 Å². The fourth-order valence-corrected chi connectivity index (χ4v) is 2.68. The third-order valence-electron chi connectivity index (χ3n) is 3.49.